The van der Waals surface area contributed by atoms with Crippen molar-refractivity contribution in [2.24, 2.45) is 5.92 Å². The highest BCUT2D eigenvalue weighted by molar-refractivity contribution is 5.96. The molecule has 43 heavy (non-hydrogen) atoms. The standard InChI is InChI=1S/C35H41N5O3/c1-22-16-26(18-27-21-40(15-13-30(22)27)14-12-29(42)17-23-4-10-28(41)11-5-23)32-20-37-34-33(38-32)31(19-36-34)24-6-8-25(9-7-24)35(43)39(2)3/h6-9,16,18-20,23,28,41H,4-5,10-15,17,21H2,1-3H3,(H,36,37). The molecule has 0 spiro atoms. The summed E-state index contributed by atoms with van der Waals surface area (Å²) in [6.07, 6.45) is 9.40. The summed E-state index contributed by atoms with van der Waals surface area (Å²) in [5, 5.41) is 9.75. The number of aromatic amines is 1. The largest absolute Gasteiger partial charge is 0.393 e. The number of hydrogen-bond donors (Lipinski definition) is 2. The number of ketones is 1. The molecule has 8 heteroatoms. The number of benzene rings is 2. The van der Waals surface area contributed by atoms with Gasteiger partial charge in [0.1, 0.15) is 11.3 Å². The van der Waals surface area contributed by atoms with E-state index in [1.807, 2.05) is 36.7 Å². The van der Waals surface area contributed by atoms with Gasteiger partial charge in [-0.2, -0.15) is 0 Å². The van der Waals surface area contributed by atoms with Crippen LogP contribution in [0.3, 0.4) is 0 Å². The number of fused-ring (bicyclic) bond motifs is 2. The highest BCUT2D eigenvalue weighted by Gasteiger charge is 2.24. The summed E-state index contributed by atoms with van der Waals surface area (Å²) in [7, 11) is 3.50. The number of amides is 1. The summed E-state index contributed by atoms with van der Waals surface area (Å²) in [4.78, 5) is 42.0. The first-order chi connectivity index (χ1) is 20.7. The molecule has 2 aliphatic rings. The number of aliphatic hydroxyl groups is 1. The molecule has 2 aromatic heterocycles. The van der Waals surface area contributed by atoms with Crippen molar-refractivity contribution in [1.82, 2.24) is 24.8 Å². The van der Waals surface area contributed by atoms with Gasteiger partial charge in [0, 0.05) is 69.5 Å². The number of nitrogens with zero attached hydrogens (tertiary/aromatic N) is 4. The van der Waals surface area contributed by atoms with Crippen LogP contribution >= 0.6 is 0 Å². The van der Waals surface area contributed by atoms with Crippen molar-refractivity contribution >= 4 is 22.9 Å². The Bertz CT molecular complexity index is 1630. The van der Waals surface area contributed by atoms with Gasteiger partial charge in [-0.25, -0.2) is 9.97 Å². The number of H-pyrrole nitrogens is 1. The fraction of sp³-hybridized carbons (Fsp3) is 0.429. The summed E-state index contributed by atoms with van der Waals surface area (Å²) in [6, 6.07) is 12.1. The van der Waals surface area contributed by atoms with Crippen molar-refractivity contribution in [1.29, 1.82) is 0 Å². The molecule has 1 aliphatic carbocycles. The van der Waals surface area contributed by atoms with Crippen LogP contribution in [0.4, 0.5) is 0 Å². The van der Waals surface area contributed by atoms with Gasteiger partial charge in [0.05, 0.1) is 18.0 Å². The molecule has 6 rings (SSSR count). The van der Waals surface area contributed by atoms with E-state index in [0.29, 0.717) is 30.1 Å². The van der Waals surface area contributed by atoms with E-state index >= 15 is 0 Å². The van der Waals surface area contributed by atoms with Crippen LogP contribution in [-0.2, 0) is 17.8 Å². The van der Waals surface area contributed by atoms with Gasteiger partial charge in [0.25, 0.3) is 5.91 Å². The predicted octanol–water partition coefficient (Wildman–Crippen LogP) is 5.56. The van der Waals surface area contributed by atoms with Gasteiger partial charge in [-0.15, -0.1) is 0 Å². The average molecular weight is 580 g/mol. The molecule has 0 atom stereocenters. The molecule has 0 saturated heterocycles. The van der Waals surface area contributed by atoms with E-state index in [1.54, 1.807) is 19.0 Å². The maximum Gasteiger partial charge on any atom is 0.253 e. The zero-order chi connectivity index (χ0) is 30.1. The number of hydrogen-bond acceptors (Lipinski definition) is 6. The van der Waals surface area contributed by atoms with Gasteiger partial charge in [0.2, 0.25) is 0 Å². The molecule has 224 valence electrons. The van der Waals surface area contributed by atoms with Crippen LogP contribution in [0.2, 0.25) is 0 Å². The van der Waals surface area contributed by atoms with E-state index in [-0.39, 0.29) is 12.0 Å². The first kappa shape index (κ1) is 29.2. The van der Waals surface area contributed by atoms with E-state index in [0.717, 1.165) is 85.3 Å². The van der Waals surface area contributed by atoms with Crippen LogP contribution in [0.1, 0.15) is 65.6 Å². The van der Waals surface area contributed by atoms with E-state index in [1.165, 1.54) is 16.7 Å². The average Bonchev–Trinajstić information content (AvgIpc) is 3.44. The number of aromatic nitrogens is 3. The molecular formula is C35H41N5O3. The second-order valence-corrected chi connectivity index (χ2v) is 12.6. The molecule has 1 amide bonds. The maximum absolute atomic E-state index is 12.7. The number of aliphatic hydroxyl groups excluding tert-OH is 1. The summed E-state index contributed by atoms with van der Waals surface area (Å²) >= 11 is 0. The lowest BCUT2D eigenvalue weighted by Gasteiger charge is -2.30. The Balaban J connectivity index is 1.17. The summed E-state index contributed by atoms with van der Waals surface area (Å²) in [5.41, 5.74) is 9.92. The number of carbonyl (C=O) groups is 2. The Kier molecular flexibility index (Phi) is 8.41. The van der Waals surface area contributed by atoms with Crippen LogP contribution in [-0.4, -0.2) is 74.8 Å². The van der Waals surface area contributed by atoms with Gasteiger partial charge >= 0.3 is 0 Å². The molecule has 4 aromatic rings. The van der Waals surface area contributed by atoms with Crippen molar-refractivity contribution in [3.05, 3.63) is 71.0 Å². The van der Waals surface area contributed by atoms with Crippen molar-refractivity contribution in [3.63, 3.8) is 0 Å². The lowest BCUT2D eigenvalue weighted by Crippen LogP contribution is -2.33. The molecule has 0 unspecified atom stereocenters. The van der Waals surface area contributed by atoms with E-state index < -0.39 is 0 Å². The minimum Gasteiger partial charge on any atom is -0.393 e. The molecule has 3 heterocycles. The first-order valence-electron chi connectivity index (χ1n) is 15.5. The zero-order valence-electron chi connectivity index (χ0n) is 25.4. The van der Waals surface area contributed by atoms with Gasteiger partial charge < -0.3 is 15.0 Å². The molecule has 8 nitrogen and oxygen atoms in total. The highest BCUT2D eigenvalue weighted by Crippen LogP contribution is 2.32. The van der Waals surface area contributed by atoms with Crippen molar-refractivity contribution in [2.45, 2.75) is 64.5 Å². The third kappa shape index (κ3) is 6.40. The monoisotopic (exact) mass is 579 g/mol. The van der Waals surface area contributed by atoms with E-state index in [9.17, 15) is 14.7 Å². The van der Waals surface area contributed by atoms with Crippen LogP contribution in [0.15, 0.2) is 48.8 Å². The topological polar surface area (TPSA) is 102 Å². The fourth-order valence-corrected chi connectivity index (χ4v) is 6.67. The van der Waals surface area contributed by atoms with E-state index in [4.69, 9.17) is 4.98 Å². The summed E-state index contributed by atoms with van der Waals surface area (Å²) in [5.74, 6) is 0.761. The van der Waals surface area contributed by atoms with Crippen LogP contribution in [0.25, 0.3) is 33.5 Å². The second kappa shape index (κ2) is 12.4. The smallest absolute Gasteiger partial charge is 0.253 e. The van der Waals surface area contributed by atoms with Crippen molar-refractivity contribution in [3.8, 4) is 22.4 Å². The van der Waals surface area contributed by atoms with Crippen LogP contribution in [0, 0.1) is 12.8 Å². The number of carbonyl (C=O) groups excluding carboxylic acids is 2. The lowest BCUT2D eigenvalue weighted by molar-refractivity contribution is -0.120. The molecule has 2 aromatic carbocycles. The van der Waals surface area contributed by atoms with Gasteiger partial charge in [-0.3, -0.25) is 14.5 Å². The third-order valence-electron chi connectivity index (χ3n) is 9.20. The Morgan fingerprint density at radius 1 is 1.07 bits per heavy atom. The Labute approximate surface area is 253 Å². The summed E-state index contributed by atoms with van der Waals surface area (Å²) in [6.45, 7) is 4.75. The summed E-state index contributed by atoms with van der Waals surface area (Å²) < 4.78 is 0. The zero-order valence-corrected chi connectivity index (χ0v) is 25.4. The number of rotatable bonds is 8. The van der Waals surface area contributed by atoms with Crippen LogP contribution in [0.5, 0.6) is 0 Å². The lowest BCUT2D eigenvalue weighted by atomic mass is 9.84. The first-order valence-corrected chi connectivity index (χ1v) is 15.5. The Morgan fingerprint density at radius 3 is 2.58 bits per heavy atom. The van der Waals surface area contributed by atoms with Crippen molar-refractivity contribution in [2.75, 3.05) is 27.2 Å². The number of nitrogens with one attached hydrogen (secondary N) is 1. The minimum absolute atomic E-state index is 0.0264. The van der Waals surface area contributed by atoms with Gasteiger partial charge in [-0.05, 0) is 91.5 Å². The Hall–Kier alpha value is -3.88. The molecule has 1 saturated carbocycles. The maximum atomic E-state index is 12.7. The van der Waals surface area contributed by atoms with Crippen LogP contribution < -0.4 is 0 Å². The fourth-order valence-electron chi connectivity index (χ4n) is 6.67. The minimum atomic E-state index is -0.176. The third-order valence-corrected chi connectivity index (χ3v) is 9.20. The highest BCUT2D eigenvalue weighted by atomic mass is 16.3. The van der Waals surface area contributed by atoms with Gasteiger partial charge in [0.15, 0.2) is 5.65 Å². The molecule has 1 fully saturated rings. The van der Waals surface area contributed by atoms with Gasteiger partial charge in [-0.1, -0.05) is 12.1 Å². The molecule has 1 aliphatic heterocycles. The SMILES string of the molecule is Cc1cc(-c2cnc3[nH]cc(-c4ccc(C(=O)N(C)C)cc4)c3n2)cc2c1CCN(CCC(=O)CC1CCC(O)CC1)C2. The van der Waals surface area contributed by atoms with E-state index in [2.05, 4.69) is 33.9 Å². The molecule has 0 radical (unpaired) electrons. The molecular weight excluding hydrogens is 538 g/mol. The second-order valence-electron chi connectivity index (χ2n) is 12.6. The Morgan fingerprint density at radius 2 is 1.84 bits per heavy atom. The van der Waals surface area contributed by atoms with Crippen molar-refractivity contribution < 1.29 is 14.7 Å². The quantitative estimate of drug-likeness (QED) is 0.283. The molecule has 0 bridgehead atoms. The normalized spacial score (nSPS) is 18.9. The number of Topliss-reactive ketones (excluding diaryl/α,β-unsaturated/α-hetero) is 1. The number of aryl methyl sites for hydroxylation is 1. The predicted molar refractivity (Wildman–Crippen MR) is 169 cm³/mol. The molecule has 2 N–H and O–H groups in total.